The third kappa shape index (κ3) is 5.83. The van der Waals surface area contributed by atoms with Gasteiger partial charge in [-0.15, -0.1) is 13.2 Å². The van der Waals surface area contributed by atoms with Crippen molar-refractivity contribution in [3.05, 3.63) is 80.0 Å². The topological polar surface area (TPSA) is 100 Å². The van der Waals surface area contributed by atoms with Crippen LogP contribution in [0.4, 0.5) is 18.9 Å². The summed E-state index contributed by atoms with van der Waals surface area (Å²) in [5.74, 6) is -1.02. The number of carbonyl (C=O) groups excluding carboxylic acids is 1. The highest BCUT2D eigenvalue weighted by Gasteiger charge is 2.31. The van der Waals surface area contributed by atoms with Gasteiger partial charge in [-0.25, -0.2) is 9.78 Å². The average molecular weight is 554 g/mol. The van der Waals surface area contributed by atoms with Crippen molar-refractivity contribution in [3.8, 4) is 5.75 Å². The number of nitrogens with zero attached hydrogens (tertiary/aromatic N) is 4. The molecule has 0 fully saturated rings. The zero-order valence-electron chi connectivity index (χ0n) is 19.4. The lowest BCUT2D eigenvalue weighted by Gasteiger charge is -2.11. The molecular weight excluding hydrogens is 535 g/mol. The van der Waals surface area contributed by atoms with E-state index in [9.17, 15) is 27.6 Å². The van der Waals surface area contributed by atoms with Gasteiger partial charge in [-0.05, 0) is 35.9 Å². The standard InChI is InChI=1S/C23H19ClF3N5O4S/c1-30-19-18(20(34)31(2)22(30)35)32(11-13-5-3-4-6-16(13)24)21(29-19)37-12-17(33)28-14-7-9-15(10-8-14)36-23(25,26)27/h3-10H,11-12H2,1-2H3,(H,28,33). The van der Waals surface area contributed by atoms with Gasteiger partial charge in [-0.3, -0.25) is 18.7 Å². The fourth-order valence-corrected chi connectivity index (χ4v) is 4.54. The highest BCUT2D eigenvalue weighted by atomic mass is 35.5. The van der Waals surface area contributed by atoms with Crippen molar-refractivity contribution in [2.24, 2.45) is 14.1 Å². The number of nitrogens with one attached hydrogen (secondary N) is 1. The van der Waals surface area contributed by atoms with Crippen LogP contribution in [0.3, 0.4) is 0 Å². The summed E-state index contributed by atoms with van der Waals surface area (Å²) in [5.41, 5.74) is 0.200. The Balaban J connectivity index is 1.60. The molecule has 0 spiro atoms. The number of imidazole rings is 1. The minimum absolute atomic E-state index is 0.138. The molecule has 9 nitrogen and oxygen atoms in total. The maximum absolute atomic E-state index is 13.0. The smallest absolute Gasteiger partial charge is 0.406 e. The van der Waals surface area contributed by atoms with E-state index in [-0.39, 0.29) is 29.1 Å². The highest BCUT2D eigenvalue weighted by molar-refractivity contribution is 7.99. The van der Waals surface area contributed by atoms with Gasteiger partial charge in [0.15, 0.2) is 16.3 Å². The van der Waals surface area contributed by atoms with Crippen LogP contribution in [0.15, 0.2) is 63.3 Å². The van der Waals surface area contributed by atoms with Crippen molar-refractivity contribution >= 4 is 46.1 Å². The molecule has 0 radical (unpaired) electrons. The minimum Gasteiger partial charge on any atom is -0.406 e. The Morgan fingerprint density at radius 1 is 1.08 bits per heavy atom. The molecule has 0 aliphatic rings. The predicted octanol–water partition coefficient (Wildman–Crippen LogP) is 3.76. The van der Waals surface area contributed by atoms with E-state index in [1.165, 1.54) is 30.8 Å². The monoisotopic (exact) mass is 553 g/mol. The number of anilines is 1. The number of carbonyl (C=O) groups is 1. The maximum Gasteiger partial charge on any atom is 0.573 e. The van der Waals surface area contributed by atoms with Crippen molar-refractivity contribution in [1.82, 2.24) is 18.7 Å². The molecule has 2 aromatic heterocycles. The second kappa shape index (κ2) is 10.3. The third-order valence-corrected chi connectivity index (χ3v) is 6.65. The molecule has 0 atom stereocenters. The number of benzene rings is 2. The molecular formula is C23H19ClF3N5O4S. The lowest BCUT2D eigenvalue weighted by Crippen LogP contribution is -2.37. The van der Waals surface area contributed by atoms with E-state index >= 15 is 0 Å². The summed E-state index contributed by atoms with van der Waals surface area (Å²) in [7, 11) is 2.85. The number of halogens is 4. The molecule has 4 rings (SSSR count). The first kappa shape index (κ1) is 26.4. The van der Waals surface area contributed by atoms with Gasteiger partial charge in [0.25, 0.3) is 5.56 Å². The number of thioether (sulfide) groups is 1. The number of hydrogen-bond acceptors (Lipinski definition) is 6. The van der Waals surface area contributed by atoms with Gasteiger partial charge in [-0.2, -0.15) is 0 Å². The number of aryl methyl sites for hydroxylation is 1. The van der Waals surface area contributed by atoms with Gasteiger partial charge in [-0.1, -0.05) is 41.6 Å². The third-order valence-electron chi connectivity index (χ3n) is 5.30. The lowest BCUT2D eigenvalue weighted by molar-refractivity contribution is -0.274. The molecule has 2 heterocycles. The van der Waals surface area contributed by atoms with Crippen LogP contribution < -0.4 is 21.3 Å². The van der Waals surface area contributed by atoms with Gasteiger partial charge < -0.3 is 14.6 Å². The lowest BCUT2D eigenvalue weighted by atomic mass is 10.2. The zero-order chi connectivity index (χ0) is 26.9. The first-order chi connectivity index (χ1) is 17.4. The summed E-state index contributed by atoms with van der Waals surface area (Å²) in [6, 6.07) is 11.8. The molecule has 0 aliphatic carbocycles. The molecule has 0 saturated heterocycles. The molecule has 4 aromatic rings. The van der Waals surface area contributed by atoms with Gasteiger partial charge in [0.2, 0.25) is 5.91 Å². The van der Waals surface area contributed by atoms with Crippen LogP contribution >= 0.6 is 23.4 Å². The van der Waals surface area contributed by atoms with Crippen LogP contribution in [0.5, 0.6) is 5.75 Å². The van der Waals surface area contributed by atoms with Crippen LogP contribution in [0.25, 0.3) is 11.2 Å². The minimum atomic E-state index is -4.82. The summed E-state index contributed by atoms with van der Waals surface area (Å²) < 4.78 is 44.6. The van der Waals surface area contributed by atoms with Crippen molar-refractivity contribution < 1.29 is 22.7 Å². The molecule has 14 heteroatoms. The van der Waals surface area contributed by atoms with E-state index in [1.807, 2.05) is 0 Å². The molecule has 2 aromatic carbocycles. The summed E-state index contributed by atoms with van der Waals surface area (Å²) in [6.45, 7) is 0.161. The van der Waals surface area contributed by atoms with Crippen molar-refractivity contribution in [1.29, 1.82) is 0 Å². The van der Waals surface area contributed by atoms with Crippen LogP contribution in [-0.4, -0.2) is 36.7 Å². The Kier molecular flexibility index (Phi) is 7.37. The Labute approximate surface area is 216 Å². The van der Waals surface area contributed by atoms with Crippen LogP contribution in [-0.2, 0) is 25.4 Å². The van der Waals surface area contributed by atoms with Crippen LogP contribution in [0, 0.1) is 0 Å². The molecule has 0 saturated carbocycles. The number of rotatable bonds is 7. The van der Waals surface area contributed by atoms with Crippen molar-refractivity contribution in [2.45, 2.75) is 18.1 Å². The molecule has 1 amide bonds. The Morgan fingerprint density at radius 2 is 1.76 bits per heavy atom. The van der Waals surface area contributed by atoms with Gasteiger partial charge in [0.1, 0.15) is 5.75 Å². The summed E-state index contributed by atoms with van der Waals surface area (Å²) in [4.78, 5) is 42.4. The number of fused-ring (bicyclic) bond motifs is 1. The van der Waals surface area contributed by atoms with E-state index in [4.69, 9.17) is 11.6 Å². The SMILES string of the molecule is Cn1c(=O)c2c(nc(SCC(=O)Nc3ccc(OC(F)(F)F)cc3)n2Cc2ccccc2Cl)n(C)c1=O. The molecule has 1 N–H and O–H groups in total. The number of hydrogen-bond donors (Lipinski definition) is 1. The first-order valence-electron chi connectivity index (χ1n) is 10.6. The number of alkyl halides is 3. The van der Waals surface area contributed by atoms with Gasteiger partial charge >= 0.3 is 12.1 Å². The summed E-state index contributed by atoms with van der Waals surface area (Å²) >= 11 is 7.35. The van der Waals surface area contributed by atoms with Crippen LogP contribution in [0.1, 0.15) is 5.56 Å². The average Bonchev–Trinajstić information content (AvgIpc) is 3.20. The highest BCUT2D eigenvalue weighted by Crippen LogP contribution is 2.26. The molecule has 194 valence electrons. The van der Waals surface area contributed by atoms with Crippen molar-refractivity contribution in [3.63, 3.8) is 0 Å². The largest absolute Gasteiger partial charge is 0.573 e. The van der Waals surface area contributed by atoms with E-state index in [1.54, 1.807) is 28.8 Å². The van der Waals surface area contributed by atoms with Crippen molar-refractivity contribution in [2.75, 3.05) is 11.1 Å². The second-order valence-electron chi connectivity index (χ2n) is 7.86. The maximum atomic E-state index is 13.0. The zero-order valence-corrected chi connectivity index (χ0v) is 20.9. The Morgan fingerprint density at radius 3 is 2.41 bits per heavy atom. The number of amides is 1. The summed E-state index contributed by atoms with van der Waals surface area (Å²) in [6.07, 6.45) is -4.82. The molecule has 0 aliphatic heterocycles. The number of ether oxygens (including phenoxy) is 1. The molecule has 37 heavy (non-hydrogen) atoms. The van der Waals surface area contributed by atoms with E-state index in [0.717, 1.165) is 28.5 Å². The molecule has 0 unspecified atom stereocenters. The van der Waals surface area contributed by atoms with Gasteiger partial charge in [0, 0.05) is 24.8 Å². The fourth-order valence-electron chi connectivity index (χ4n) is 3.55. The molecule has 0 bridgehead atoms. The summed E-state index contributed by atoms with van der Waals surface area (Å²) in [5, 5.41) is 3.35. The second-order valence-corrected chi connectivity index (χ2v) is 9.21. The first-order valence-corrected chi connectivity index (χ1v) is 12.0. The fraction of sp³-hybridized carbons (Fsp3) is 0.217. The number of aromatic nitrogens is 4. The van der Waals surface area contributed by atoms with E-state index in [2.05, 4.69) is 15.0 Å². The van der Waals surface area contributed by atoms with Crippen LogP contribution in [0.2, 0.25) is 5.02 Å². The Bertz CT molecular complexity index is 1600. The normalized spacial score (nSPS) is 11.6. The quantitative estimate of drug-likeness (QED) is 0.350. The van der Waals surface area contributed by atoms with E-state index < -0.39 is 29.3 Å². The van der Waals surface area contributed by atoms with Gasteiger partial charge in [0.05, 0.1) is 12.3 Å². The Hall–Kier alpha value is -3.71. The predicted molar refractivity (Wildman–Crippen MR) is 133 cm³/mol. The van der Waals surface area contributed by atoms with E-state index in [0.29, 0.717) is 15.7 Å².